The summed E-state index contributed by atoms with van der Waals surface area (Å²) in [7, 11) is 0. The summed E-state index contributed by atoms with van der Waals surface area (Å²) < 4.78 is 11.1. The van der Waals surface area contributed by atoms with Gasteiger partial charge in [0.05, 0.1) is 12.6 Å². The highest BCUT2D eigenvalue weighted by Gasteiger charge is 2.50. The van der Waals surface area contributed by atoms with Gasteiger partial charge in [0.15, 0.2) is 18.1 Å². The number of urea groups is 2. The Morgan fingerprint density at radius 1 is 1.03 bits per heavy atom. The number of amides is 5. The van der Waals surface area contributed by atoms with Crippen LogP contribution in [0.25, 0.3) is 0 Å². The third kappa shape index (κ3) is 4.52. The Labute approximate surface area is 190 Å². The quantitative estimate of drug-likeness (QED) is 0.593. The number of carbonyl (C=O) groups excluding carboxylic acids is 3. The van der Waals surface area contributed by atoms with Crippen molar-refractivity contribution in [2.45, 2.75) is 25.7 Å². The van der Waals surface area contributed by atoms with Crippen molar-refractivity contribution in [3.05, 3.63) is 59.7 Å². The number of fused-ring (bicyclic) bond motifs is 1. The van der Waals surface area contributed by atoms with Gasteiger partial charge in [0.2, 0.25) is 5.91 Å². The summed E-state index contributed by atoms with van der Waals surface area (Å²) in [6.07, 6.45) is -0.838. The molecule has 10 nitrogen and oxygen atoms in total. The number of benzene rings is 2. The van der Waals surface area contributed by atoms with Gasteiger partial charge in [-0.15, -0.1) is 0 Å². The first kappa shape index (κ1) is 22.0. The predicted molar refractivity (Wildman–Crippen MR) is 116 cm³/mol. The van der Waals surface area contributed by atoms with Crippen molar-refractivity contribution in [3.8, 4) is 17.6 Å². The van der Waals surface area contributed by atoms with Crippen molar-refractivity contribution >= 4 is 18.0 Å². The van der Waals surface area contributed by atoms with E-state index in [0.717, 1.165) is 5.56 Å². The molecule has 2 aliphatic rings. The maximum absolute atomic E-state index is 12.9. The van der Waals surface area contributed by atoms with Crippen LogP contribution in [0.1, 0.15) is 24.1 Å². The number of rotatable bonds is 7. The maximum atomic E-state index is 12.9. The summed E-state index contributed by atoms with van der Waals surface area (Å²) in [5.74, 6) is -0.505. The van der Waals surface area contributed by atoms with Crippen LogP contribution in [0.5, 0.6) is 11.5 Å². The highest BCUT2D eigenvalue weighted by atomic mass is 16.5. The van der Waals surface area contributed by atoms with Gasteiger partial charge in [-0.2, -0.15) is 5.26 Å². The molecule has 3 atom stereocenters. The molecule has 2 aliphatic heterocycles. The molecule has 0 spiro atoms. The molecular weight excluding hydrogens is 426 g/mol. The summed E-state index contributed by atoms with van der Waals surface area (Å²) in [6.45, 7) is 2.24. The molecule has 5 amide bonds. The first-order valence-corrected chi connectivity index (χ1v) is 10.5. The van der Waals surface area contributed by atoms with Crippen molar-refractivity contribution in [2.24, 2.45) is 5.92 Å². The molecule has 4 rings (SSSR count). The fraction of sp³-hybridized carbons (Fsp3) is 0.304. The number of hydrogen-bond acceptors (Lipinski definition) is 6. The van der Waals surface area contributed by atoms with Crippen LogP contribution in [0.3, 0.4) is 0 Å². The van der Waals surface area contributed by atoms with Gasteiger partial charge in [0.1, 0.15) is 18.2 Å². The molecular formula is C23H23N5O5. The molecule has 2 aromatic rings. The van der Waals surface area contributed by atoms with Crippen LogP contribution >= 0.6 is 0 Å². The number of hydrogen-bond donors (Lipinski definition) is 3. The van der Waals surface area contributed by atoms with Gasteiger partial charge in [0, 0.05) is 6.54 Å². The number of imide groups is 1. The van der Waals surface area contributed by atoms with Crippen LogP contribution in [-0.4, -0.2) is 42.2 Å². The Kier molecular flexibility index (Phi) is 6.31. The van der Waals surface area contributed by atoms with E-state index >= 15 is 0 Å². The lowest BCUT2D eigenvalue weighted by Crippen LogP contribution is -2.71. The summed E-state index contributed by atoms with van der Waals surface area (Å²) in [5, 5.41) is 16.7. The van der Waals surface area contributed by atoms with Crippen molar-refractivity contribution in [1.29, 1.82) is 5.26 Å². The second kappa shape index (κ2) is 9.48. The molecule has 170 valence electrons. The average molecular weight is 449 g/mol. The standard InChI is InChI=1S/C23H23N5O5/c1-2-32-17-12-15(8-9-16(17)33-11-10-24)19-18-20(26-22(30)25-19)28(23(31)27-21(18)29)13-14-6-4-3-5-7-14/h3-9,12,18-20H,2,11,13H2,1H3,(H2,25,26,30)(H,27,29,31). The zero-order valence-corrected chi connectivity index (χ0v) is 17.9. The SMILES string of the molecule is CCOc1cc(C2NC(=O)NC3C2C(=O)NC(=O)N3Cc2ccccc2)ccc1OCC#N. The number of nitrogens with one attached hydrogen (secondary N) is 3. The van der Waals surface area contributed by atoms with Gasteiger partial charge in [-0.05, 0) is 30.2 Å². The summed E-state index contributed by atoms with van der Waals surface area (Å²) in [4.78, 5) is 39.6. The molecule has 0 aromatic heterocycles. The number of nitrogens with zero attached hydrogens (tertiary/aromatic N) is 2. The van der Waals surface area contributed by atoms with E-state index in [9.17, 15) is 14.4 Å². The third-order valence-corrected chi connectivity index (χ3v) is 5.51. The molecule has 33 heavy (non-hydrogen) atoms. The maximum Gasteiger partial charge on any atom is 0.326 e. The Balaban J connectivity index is 1.67. The second-order valence-electron chi connectivity index (χ2n) is 7.56. The lowest BCUT2D eigenvalue weighted by Gasteiger charge is -2.46. The van der Waals surface area contributed by atoms with Crippen molar-refractivity contribution in [2.75, 3.05) is 13.2 Å². The van der Waals surface area contributed by atoms with E-state index in [2.05, 4.69) is 16.0 Å². The lowest BCUT2D eigenvalue weighted by atomic mass is 9.86. The molecule has 2 heterocycles. The van der Waals surface area contributed by atoms with E-state index in [1.165, 1.54) is 4.90 Å². The Morgan fingerprint density at radius 2 is 1.82 bits per heavy atom. The minimum Gasteiger partial charge on any atom is -0.490 e. The summed E-state index contributed by atoms with van der Waals surface area (Å²) in [5.41, 5.74) is 1.47. The largest absolute Gasteiger partial charge is 0.490 e. The predicted octanol–water partition coefficient (Wildman–Crippen LogP) is 2.04. The molecule has 0 aliphatic carbocycles. The van der Waals surface area contributed by atoms with E-state index in [4.69, 9.17) is 14.7 Å². The number of nitriles is 1. The van der Waals surface area contributed by atoms with Gasteiger partial charge in [-0.1, -0.05) is 36.4 Å². The van der Waals surface area contributed by atoms with Crippen LogP contribution in [-0.2, 0) is 11.3 Å². The molecule has 2 saturated heterocycles. The molecule has 0 saturated carbocycles. The van der Waals surface area contributed by atoms with Gasteiger partial charge in [-0.3, -0.25) is 15.0 Å². The fourth-order valence-corrected chi connectivity index (χ4v) is 4.09. The van der Waals surface area contributed by atoms with Crippen molar-refractivity contribution < 1.29 is 23.9 Å². The van der Waals surface area contributed by atoms with E-state index in [-0.39, 0.29) is 13.2 Å². The van der Waals surface area contributed by atoms with Crippen molar-refractivity contribution in [1.82, 2.24) is 20.9 Å². The smallest absolute Gasteiger partial charge is 0.326 e. The van der Waals surface area contributed by atoms with E-state index in [0.29, 0.717) is 23.7 Å². The molecule has 10 heteroatoms. The van der Waals surface area contributed by atoms with Gasteiger partial charge >= 0.3 is 12.1 Å². The normalized spacial score (nSPS) is 21.8. The highest BCUT2D eigenvalue weighted by Crippen LogP contribution is 2.37. The monoisotopic (exact) mass is 449 g/mol. The van der Waals surface area contributed by atoms with Crippen LogP contribution in [0.2, 0.25) is 0 Å². The van der Waals surface area contributed by atoms with E-state index in [1.54, 1.807) is 18.2 Å². The van der Waals surface area contributed by atoms with Crippen LogP contribution in [0.4, 0.5) is 9.59 Å². The molecule has 0 radical (unpaired) electrons. The van der Waals surface area contributed by atoms with Gasteiger partial charge in [0.25, 0.3) is 0 Å². The molecule has 2 aromatic carbocycles. The first-order chi connectivity index (χ1) is 16.0. The van der Waals surface area contributed by atoms with Crippen LogP contribution < -0.4 is 25.4 Å². The highest BCUT2D eigenvalue weighted by molar-refractivity contribution is 6.00. The average Bonchev–Trinajstić information content (AvgIpc) is 2.81. The number of carbonyl (C=O) groups is 3. The molecule has 2 fully saturated rings. The van der Waals surface area contributed by atoms with Crippen LogP contribution in [0, 0.1) is 17.2 Å². The Morgan fingerprint density at radius 3 is 2.55 bits per heavy atom. The zero-order chi connectivity index (χ0) is 23.4. The minimum absolute atomic E-state index is 0.146. The van der Waals surface area contributed by atoms with E-state index in [1.807, 2.05) is 43.3 Å². The fourth-order valence-electron chi connectivity index (χ4n) is 4.09. The first-order valence-electron chi connectivity index (χ1n) is 10.5. The van der Waals surface area contributed by atoms with Gasteiger partial charge in [-0.25, -0.2) is 9.59 Å². The summed E-state index contributed by atoms with van der Waals surface area (Å²) >= 11 is 0. The topological polar surface area (TPSA) is 133 Å². The van der Waals surface area contributed by atoms with Gasteiger partial charge < -0.3 is 20.1 Å². The zero-order valence-electron chi connectivity index (χ0n) is 17.9. The Bertz CT molecular complexity index is 1100. The molecule has 0 bridgehead atoms. The molecule has 3 unspecified atom stereocenters. The molecule has 3 N–H and O–H groups in total. The Hall–Kier alpha value is -4.26. The van der Waals surface area contributed by atoms with E-state index < -0.39 is 36.1 Å². The third-order valence-electron chi connectivity index (χ3n) is 5.51. The lowest BCUT2D eigenvalue weighted by molar-refractivity contribution is -0.130. The number of ether oxygens (including phenoxy) is 2. The van der Waals surface area contributed by atoms with Crippen LogP contribution in [0.15, 0.2) is 48.5 Å². The minimum atomic E-state index is -0.838. The summed E-state index contributed by atoms with van der Waals surface area (Å²) in [6, 6.07) is 14.5. The van der Waals surface area contributed by atoms with Crippen molar-refractivity contribution in [3.63, 3.8) is 0 Å². The second-order valence-corrected chi connectivity index (χ2v) is 7.56.